The Labute approximate surface area is 173 Å². The van der Waals surface area contributed by atoms with Gasteiger partial charge in [0.15, 0.2) is 0 Å². The molecule has 0 saturated carbocycles. The number of aromatic nitrogens is 2. The molecule has 0 atom stereocenters. The first-order valence-electron chi connectivity index (χ1n) is 7.84. The van der Waals surface area contributed by atoms with Crippen LogP contribution in [-0.4, -0.2) is 29.4 Å². The summed E-state index contributed by atoms with van der Waals surface area (Å²) < 4.78 is 26.9. The second kappa shape index (κ2) is 8.11. The van der Waals surface area contributed by atoms with Gasteiger partial charge in [-0.3, -0.25) is 24.9 Å². The molecule has 150 valence electrons. The molecule has 0 aliphatic carbocycles. The van der Waals surface area contributed by atoms with Crippen molar-refractivity contribution in [1.82, 2.24) is 10.2 Å². The van der Waals surface area contributed by atoms with E-state index < -0.39 is 25.2 Å². The molecule has 1 heterocycles. The molecule has 0 radical (unpaired) electrons. The fourth-order valence-electron chi connectivity index (χ4n) is 2.16. The summed E-state index contributed by atoms with van der Waals surface area (Å²) in [7, 11) is -4.16. The van der Waals surface area contributed by atoms with E-state index in [0.717, 1.165) is 6.07 Å². The predicted molar refractivity (Wildman–Crippen MR) is 108 cm³/mol. The van der Waals surface area contributed by atoms with Crippen molar-refractivity contribution in [3.8, 4) is 0 Å². The third kappa shape index (κ3) is 4.85. The van der Waals surface area contributed by atoms with E-state index in [1.165, 1.54) is 36.4 Å². The van der Waals surface area contributed by atoms with Gasteiger partial charge in [0, 0.05) is 22.7 Å². The fraction of sp³-hybridized carbons (Fsp3) is 0.0625. The van der Waals surface area contributed by atoms with Crippen molar-refractivity contribution in [2.75, 3.05) is 10.0 Å². The Morgan fingerprint density at radius 1 is 1.17 bits per heavy atom. The van der Waals surface area contributed by atoms with E-state index >= 15 is 0 Å². The fourth-order valence-corrected chi connectivity index (χ4v) is 4.31. The molecule has 13 heteroatoms. The highest BCUT2D eigenvalue weighted by atomic mass is 35.5. The van der Waals surface area contributed by atoms with Crippen LogP contribution < -0.4 is 10.0 Å². The molecule has 1 aromatic heterocycles. The van der Waals surface area contributed by atoms with E-state index in [2.05, 4.69) is 20.2 Å². The third-order valence-corrected chi connectivity index (χ3v) is 6.46. The summed E-state index contributed by atoms with van der Waals surface area (Å²) in [6.07, 6.45) is 0. The molecule has 3 aromatic rings. The Kier molecular flexibility index (Phi) is 5.77. The number of carbonyl (C=O) groups excluding carboxylic acids is 1. The maximum atomic E-state index is 12.5. The van der Waals surface area contributed by atoms with E-state index in [-0.39, 0.29) is 16.5 Å². The van der Waals surface area contributed by atoms with Crippen LogP contribution in [0.1, 0.15) is 15.9 Å². The number of halogens is 1. The lowest BCUT2D eigenvalue weighted by Crippen LogP contribution is -2.13. The number of aryl methyl sites for hydroxylation is 1. The topological polar surface area (TPSA) is 144 Å². The van der Waals surface area contributed by atoms with Gasteiger partial charge in [-0.2, -0.15) is 8.42 Å². The van der Waals surface area contributed by atoms with Crippen LogP contribution in [-0.2, 0) is 10.0 Å². The summed E-state index contributed by atoms with van der Waals surface area (Å²) in [5.74, 6) is -0.510. The minimum Gasteiger partial charge on any atom is -0.296 e. The molecule has 2 aromatic carbocycles. The minimum absolute atomic E-state index is 0.0268. The van der Waals surface area contributed by atoms with Crippen LogP contribution in [0, 0.1) is 17.0 Å². The number of sulfonamides is 1. The lowest BCUT2D eigenvalue weighted by Gasteiger charge is -2.08. The quantitative estimate of drug-likeness (QED) is 0.330. The van der Waals surface area contributed by atoms with Crippen molar-refractivity contribution in [1.29, 1.82) is 0 Å². The highest BCUT2D eigenvalue weighted by molar-refractivity contribution is 7.94. The molecule has 2 N–H and O–H groups in total. The van der Waals surface area contributed by atoms with Gasteiger partial charge in [0.25, 0.3) is 26.0 Å². The van der Waals surface area contributed by atoms with Gasteiger partial charge < -0.3 is 0 Å². The average molecular weight is 454 g/mol. The van der Waals surface area contributed by atoms with Gasteiger partial charge in [-0.1, -0.05) is 29.0 Å². The number of rotatable bonds is 6. The molecule has 0 saturated heterocycles. The zero-order chi connectivity index (χ0) is 21.2. The van der Waals surface area contributed by atoms with Gasteiger partial charge in [0.05, 0.1) is 10.6 Å². The number of amides is 1. The molecule has 0 fully saturated rings. The molecule has 0 aliphatic heterocycles. The highest BCUT2D eigenvalue weighted by Gasteiger charge is 2.23. The van der Waals surface area contributed by atoms with Crippen LogP contribution in [0.15, 0.2) is 46.8 Å². The number of carbonyl (C=O) groups is 1. The van der Waals surface area contributed by atoms with Crippen molar-refractivity contribution in [3.05, 3.63) is 68.7 Å². The highest BCUT2D eigenvalue weighted by Crippen LogP contribution is 2.27. The number of hydrogen-bond donors (Lipinski definition) is 2. The van der Waals surface area contributed by atoms with Crippen LogP contribution >= 0.6 is 22.9 Å². The molecule has 0 aliphatic rings. The van der Waals surface area contributed by atoms with Gasteiger partial charge in [0.2, 0.25) is 5.13 Å². The number of nitrogens with one attached hydrogen (secondary N) is 2. The van der Waals surface area contributed by atoms with Gasteiger partial charge in [-0.25, -0.2) is 0 Å². The zero-order valence-electron chi connectivity index (χ0n) is 14.6. The van der Waals surface area contributed by atoms with E-state index in [1.807, 2.05) is 0 Å². The van der Waals surface area contributed by atoms with Gasteiger partial charge >= 0.3 is 0 Å². The van der Waals surface area contributed by atoms with Crippen molar-refractivity contribution in [2.24, 2.45) is 0 Å². The summed E-state index contributed by atoms with van der Waals surface area (Å²) in [5, 5.41) is 21.0. The Bertz CT molecular complexity index is 1190. The Hall–Kier alpha value is -3.09. The molecular formula is C16H12ClN5O5S2. The molecule has 3 rings (SSSR count). The first-order valence-corrected chi connectivity index (χ1v) is 10.5. The summed E-state index contributed by atoms with van der Waals surface area (Å²) in [6.45, 7) is 1.60. The van der Waals surface area contributed by atoms with Gasteiger partial charge in [-0.15, -0.1) is 10.2 Å². The molecular weight excluding hydrogens is 442 g/mol. The summed E-state index contributed by atoms with van der Waals surface area (Å²) in [6, 6.07) is 9.88. The van der Waals surface area contributed by atoms with E-state index in [9.17, 15) is 23.3 Å². The Morgan fingerprint density at radius 3 is 2.52 bits per heavy atom. The van der Waals surface area contributed by atoms with Crippen molar-refractivity contribution in [3.63, 3.8) is 0 Å². The van der Waals surface area contributed by atoms with Crippen LogP contribution in [0.25, 0.3) is 0 Å². The number of nitro benzene ring substituents is 1. The van der Waals surface area contributed by atoms with Crippen LogP contribution in [0.2, 0.25) is 5.02 Å². The molecule has 0 bridgehead atoms. The predicted octanol–water partition coefficient (Wildman–Crippen LogP) is 3.46. The molecule has 0 unspecified atom stereocenters. The standard InChI is InChI=1S/C16H12ClN5O5S2/c1-9-2-7-12(22(24)25)8-13(9)21-29(26,27)16-20-19-15(28-16)18-14(23)10-3-5-11(17)6-4-10/h2-8,21H,1H3,(H,18,19,23). The number of nitro groups is 1. The van der Waals surface area contributed by atoms with Crippen molar-refractivity contribution in [2.45, 2.75) is 11.3 Å². The second-order valence-electron chi connectivity index (χ2n) is 5.70. The van der Waals surface area contributed by atoms with E-state index in [0.29, 0.717) is 27.5 Å². The van der Waals surface area contributed by atoms with Crippen LogP contribution in [0.5, 0.6) is 0 Å². The number of hydrogen-bond acceptors (Lipinski definition) is 8. The Balaban J connectivity index is 1.78. The third-order valence-electron chi connectivity index (χ3n) is 3.64. The lowest BCUT2D eigenvalue weighted by atomic mass is 10.2. The molecule has 10 nitrogen and oxygen atoms in total. The number of benzene rings is 2. The van der Waals surface area contributed by atoms with Crippen molar-refractivity contribution >= 4 is 55.4 Å². The van der Waals surface area contributed by atoms with E-state index in [4.69, 9.17) is 11.6 Å². The van der Waals surface area contributed by atoms with Gasteiger partial charge in [-0.05, 0) is 36.8 Å². The number of non-ortho nitro benzene ring substituents is 1. The largest absolute Gasteiger partial charge is 0.296 e. The summed E-state index contributed by atoms with van der Waals surface area (Å²) >= 11 is 6.41. The summed E-state index contributed by atoms with van der Waals surface area (Å²) in [5.41, 5.74) is 0.571. The SMILES string of the molecule is Cc1ccc([N+](=O)[O-])cc1NS(=O)(=O)c1nnc(NC(=O)c2ccc(Cl)cc2)s1. The molecule has 29 heavy (non-hydrogen) atoms. The summed E-state index contributed by atoms with van der Waals surface area (Å²) in [4.78, 5) is 22.4. The lowest BCUT2D eigenvalue weighted by molar-refractivity contribution is -0.384. The van der Waals surface area contributed by atoms with Crippen molar-refractivity contribution < 1.29 is 18.1 Å². The first-order chi connectivity index (χ1) is 13.7. The zero-order valence-corrected chi connectivity index (χ0v) is 17.0. The minimum atomic E-state index is -4.16. The smallest absolute Gasteiger partial charge is 0.291 e. The number of nitrogens with zero attached hydrogens (tertiary/aromatic N) is 3. The van der Waals surface area contributed by atoms with Gasteiger partial charge in [0.1, 0.15) is 0 Å². The number of anilines is 2. The first kappa shape index (κ1) is 20.6. The maximum Gasteiger partial charge on any atom is 0.291 e. The van der Waals surface area contributed by atoms with Crippen LogP contribution in [0.3, 0.4) is 0 Å². The second-order valence-corrected chi connectivity index (χ2v) is 8.97. The monoisotopic (exact) mass is 453 g/mol. The molecule has 1 amide bonds. The maximum absolute atomic E-state index is 12.5. The Morgan fingerprint density at radius 2 is 1.86 bits per heavy atom. The van der Waals surface area contributed by atoms with E-state index in [1.54, 1.807) is 6.92 Å². The average Bonchev–Trinajstić information content (AvgIpc) is 3.13. The van der Waals surface area contributed by atoms with Crippen LogP contribution in [0.4, 0.5) is 16.5 Å². The normalized spacial score (nSPS) is 11.1. The molecule has 0 spiro atoms.